The first-order chi connectivity index (χ1) is 14.1. The maximum atomic E-state index is 13.6. The number of nitrogens with one attached hydrogen (secondary N) is 2. The first-order valence-electron chi connectivity index (χ1n) is 9.68. The molecule has 1 unspecified atom stereocenters. The second-order valence-electron chi connectivity index (χ2n) is 7.61. The lowest BCUT2D eigenvalue weighted by Crippen LogP contribution is -2.55. The molecule has 0 radical (unpaired) electrons. The van der Waals surface area contributed by atoms with E-state index >= 15 is 0 Å². The van der Waals surface area contributed by atoms with Crippen molar-refractivity contribution in [3.8, 4) is 11.5 Å². The Morgan fingerprint density at radius 1 is 1.14 bits per heavy atom. The number of carbonyl (C=O) groups is 1. The van der Waals surface area contributed by atoms with Crippen molar-refractivity contribution in [2.75, 3.05) is 19.1 Å². The number of aromatic amines is 1. The summed E-state index contributed by atoms with van der Waals surface area (Å²) in [5.74, 6) is 1.35. The lowest BCUT2D eigenvalue weighted by molar-refractivity contribution is -0.125. The van der Waals surface area contributed by atoms with Crippen molar-refractivity contribution in [1.29, 1.82) is 5.41 Å². The molecule has 2 fully saturated rings. The van der Waals surface area contributed by atoms with E-state index in [-0.39, 0.29) is 11.6 Å². The number of nitrogens with zero attached hydrogens (tertiary/aromatic N) is 2. The van der Waals surface area contributed by atoms with Gasteiger partial charge in [0.2, 0.25) is 0 Å². The number of fused-ring (bicyclic) bond motifs is 1. The zero-order valence-corrected chi connectivity index (χ0v) is 16.4. The molecule has 1 aromatic heterocycles. The van der Waals surface area contributed by atoms with Crippen molar-refractivity contribution in [3.05, 3.63) is 48.3 Å². The molecule has 2 heterocycles. The Hall–Kier alpha value is -3.35. The summed E-state index contributed by atoms with van der Waals surface area (Å²) in [5, 5.41) is 8.95. The minimum absolute atomic E-state index is 0.0367. The maximum absolute atomic E-state index is 13.6. The minimum Gasteiger partial charge on any atom is -0.497 e. The normalized spacial score (nSPS) is 20.3. The monoisotopic (exact) mass is 390 g/mol. The van der Waals surface area contributed by atoms with E-state index in [0.29, 0.717) is 17.3 Å². The number of para-hydroxylation sites is 2. The number of rotatable bonds is 4. The molecule has 2 aromatic carbocycles. The van der Waals surface area contributed by atoms with Gasteiger partial charge in [-0.05, 0) is 31.4 Å². The van der Waals surface area contributed by atoms with Crippen molar-refractivity contribution in [1.82, 2.24) is 9.97 Å². The van der Waals surface area contributed by atoms with Gasteiger partial charge in [-0.15, -0.1) is 0 Å². The number of ether oxygens (including phenoxy) is 2. The molecule has 1 saturated heterocycles. The molecular formula is C22H22N4O3. The maximum Gasteiger partial charge on any atom is 0.176 e. The molecule has 7 nitrogen and oxygen atoms in total. The molecule has 1 saturated carbocycles. The van der Waals surface area contributed by atoms with Gasteiger partial charge >= 0.3 is 0 Å². The second-order valence-corrected chi connectivity index (χ2v) is 7.61. The SMILES string of the molecule is COc1cc(OC)cc(N2C(=N)C(c3nc4ccccc4[nH]3)C(=O)C23CCC3)c1. The highest BCUT2D eigenvalue weighted by Gasteiger charge is 2.61. The average molecular weight is 390 g/mol. The highest BCUT2D eigenvalue weighted by molar-refractivity contribution is 6.26. The Bertz CT molecular complexity index is 1080. The Labute approximate surface area is 168 Å². The van der Waals surface area contributed by atoms with Gasteiger partial charge in [-0.1, -0.05) is 12.1 Å². The summed E-state index contributed by atoms with van der Waals surface area (Å²) >= 11 is 0. The Morgan fingerprint density at radius 2 is 1.83 bits per heavy atom. The van der Waals surface area contributed by atoms with Crippen LogP contribution in [0.2, 0.25) is 0 Å². The molecule has 0 amide bonds. The molecular weight excluding hydrogens is 368 g/mol. The summed E-state index contributed by atoms with van der Waals surface area (Å²) in [6, 6.07) is 13.2. The number of H-pyrrole nitrogens is 1. The highest BCUT2D eigenvalue weighted by Crippen LogP contribution is 2.51. The van der Waals surface area contributed by atoms with Gasteiger partial charge in [-0.3, -0.25) is 10.2 Å². The quantitative estimate of drug-likeness (QED) is 0.709. The molecule has 2 N–H and O–H groups in total. The number of benzene rings is 2. The van der Waals surface area contributed by atoms with Gasteiger partial charge in [0, 0.05) is 18.2 Å². The molecule has 7 heteroatoms. The Morgan fingerprint density at radius 3 is 2.41 bits per heavy atom. The number of methoxy groups -OCH3 is 2. The standard InChI is InChI=1S/C22H22N4O3/c1-28-14-10-13(11-15(12-14)29-2)26-20(23)18(19(27)22(26)8-5-9-22)21-24-16-6-3-4-7-17(16)25-21/h3-4,6-7,10-12,18,23H,5,8-9H2,1-2H3,(H,24,25). The zero-order chi connectivity index (χ0) is 20.2. The lowest BCUT2D eigenvalue weighted by atomic mass is 9.72. The highest BCUT2D eigenvalue weighted by atomic mass is 16.5. The van der Waals surface area contributed by atoms with Crippen LogP contribution in [0.4, 0.5) is 5.69 Å². The van der Waals surface area contributed by atoms with E-state index in [2.05, 4.69) is 9.97 Å². The van der Waals surface area contributed by atoms with Crippen molar-refractivity contribution in [2.45, 2.75) is 30.7 Å². The van der Waals surface area contributed by atoms with Gasteiger partial charge in [0.05, 0.1) is 30.9 Å². The fourth-order valence-electron chi connectivity index (χ4n) is 4.52. The van der Waals surface area contributed by atoms with E-state index in [1.165, 1.54) is 0 Å². The Balaban J connectivity index is 1.63. The molecule has 1 atom stereocenters. The summed E-state index contributed by atoms with van der Waals surface area (Å²) in [6.45, 7) is 0. The van der Waals surface area contributed by atoms with Crippen LogP contribution in [0.15, 0.2) is 42.5 Å². The van der Waals surface area contributed by atoms with Crippen LogP contribution in [0, 0.1) is 5.41 Å². The predicted octanol–water partition coefficient (Wildman–Crippen LogP) is 3.65. The van der Waals surface area contributed by atoms with Gasteiger partial charge in [-0.25, -0.2) is 4.98 Å². The molecule has 5 rings (SSSR count). The molecule has 1 aliphatic heterocycles. The van der Waals surface area contributed by atoms with E-state index in [1.807, 2.05) is 41.3 Å². The van der Waals surface area contributed by atoms with Crippen LogP contribution in [-0.4, -0.2) is 41.3 Å². The first-order valence-corrected chi connectivity index (χ1v) is 9.68. The number of imidazole rings is 1. The number of anilines is 1. The van der Waals surface area contributed by atoms with Crippen LogP contribution >= 0.6 is 0 Å². The van der Waals surface area contributed by atoms with Gasteiger partial charge in [0.15, 0.2) is 5.78 Å². The third kappa shape index (κ3) is 2.46. The molecule has 2 aliphatic rings. The number of Topliss-reactive ketones (excluding diaryl/α,β-unsaturated/α-hetero) is 1. The number of ketones is 1. The summed E-state index contributed by atoms with van der Waals surface area (Å²) in [5.41, 5.74) is 1.70. The smallest absolute Gasteiger partial charge is 0.176 e. The van der Waals surface area contributed by atoms with Crippen LogP contribution in [0.25, 0.3) is 11.0 Å². The zero-order valence-electron chi connectivity index (χ0n) is 16.4. The number of amidine groups is 1. The van der Waals surface area contributed by atoms with Crippen molar-refractivity contribution < 1.29 is 14.3 Å². The van der Waals surface area contributed by atoms with Crippen molar-refractivity contribution in [2.24, 2.45) is 0 Å². The molecule has 29 heavy (non-hydrogen) atoms. The van der Waals surface area contributed by atoms with Crippen LogP contribution in [0.5, 0.6) is 11.5 Å². The topological polar surface area (TPSA) is 91.3 Å². The van der Waals surface area contributed by atoms with E-state index in [0.717, 1.165) is 36.0 Å². The molecule has 1 aliphatic carbocycles. The van der Waals surface area contributed by atoms with Gasteiger partial charge < -0.3 is 19.4 Å². The molecule has 3 aromatic rings. The van der Waals surface area contributed by atoms with Crippen molar-refractivity contribution in [3.63, 3.8) is 0 Å². The summed E-state index contributed by atoms with van der Waals surface area (Å²) in [4.78, 5) is 23.3. The fourth-order valence-corrected chi connectivity index (χ4v) is 4.52. The largest absolute Gasteiger partial charge is 0.497 e. The van der Waals surface area contributed by atoms with Crippen LogP contribution < -0.4 is 14.4 Å². The fraction of sp³-hybridized carbons (Fsp3) is 0.318. The van der Waals surface area contributed by atoms with Crippen molar-refractivity contribution >= 4 is 28.3 Å². The first kappa shape index (κ1) is 17.7. The molecule has 1 spiro atoms. The lowest BCUT2D eigenvalue weighted by Gasteiger charge is -2.44. The number of carbonyl (C=O) groups excluding carboxylic acids is 1. The van der Waals surface area contributed by atoms with E-state index in [9.17, 15) is 4.79 Å². The second kappa shape index (κ2) is 6.34. The predicted molar refractivity (Wildman–Crippen MR) is 110 cm³/mol. The summed E-state index contributed by atoms with van der Waals surface area (Å²) in [6.07, 6.45) is 2.42. The van der Waals surface area contributed by atoms with Gasteiger partial charge in [0.1, 0.15) is 34.6 Å². The molecule has 0 bridgehead atoms. The van der Waals surface area contributed by atoms with Gasteiger partial charge in [0.25, 0.3) is 0 Å². The Kier molecular flexibility index (Phi) is 3.87. The van der Waals surface area contributed by atoms with Crippen LogP contribution in [0.3, 0.4) is 0 Å². The van der Waals surface area contributed by atoms with E-state index in [4.69, 9.17) is 14.9 Å². The third-order valence-corrected chi connectivity index (χ3v) is 6.12. The van der Waals surface area contributed by atoms with Crippen LogP contribution in [-0.2, 0) is 4.79 Å². The number of hydrogen-bond acceptors (Lipinski definition) is 5. The number of aromatic nitrogens is 2. The van der Waals surface area contributed by atoms with E-state index in [1.54, 1.807) is 20.3 Å². The summed E-state index contributed by atoms with van der Waals surface area (Å²) < 4.78 is 10.8. The summed E-state index contributed by atoms with van der Waals surface area (Å²) in [7, 11) is 3.19. The van der Waals surface area contributed by atoms with E-state index < -0.39 is 11.5 Å². The average Bonchev–Trinajstić information content (AvgIpc) is 3.22. The van der Waals surface area contributed by atoms with Crippen LogP contribution in [0.1, 0.15) is 31.0 Å². The number of hydrogen-bond donors (Lipinski definition) is 2. The molecule has 148 valence electrons. The minimum atomic E-state index is -0.708. The third-order valence-electron chi connectivity index (χ3n) is 6.12. The van der Waals surface area contributed by atoms with Gasteiger partial charge in [-0.2, -0.15) is 0 Å².